The van der Waals surface area contributed by atoms with E-state index in [0.29, 0.717) is 24.6 Å². The molecule has 0 spiro atoms. The van der Waals surface area contributed by atoms with Crippen LogP contribution in [0.3, 0.4) is 0 Å². The van der Waals surface area contributed by atoms with E-state index in [2.05, 4.69) is 16.0 Å². The number of aliphatic hydroxyl groups excluding tert-OH is 1. The van der Waals surface area contributed by atoms with Crippen LogP contribution in [0, 0.1) is 17.3 Å². The van der Waals surface area contributed by atoms with Crippen molar-refractivity contribution in [2.75, 3.05) is 13.2 Å². The van der Waals surface area contributed by atoms with Crippen LogP contribution in [0.1, 0.15) is 63.9 Å². The number of rotatable bonds is 16. The monoisotopic (exact) mass is 607 g/mol. The molecule has 0 aromatic heterocycles. The molecule has 0 heterocycles. The molecule has 2 aromatic carbocycles. The Morgan fingerprint density at radius 3 is 2.18 bits per heavy atom. The number of nitrogens with one attached hydrogen (secondary N) is 3. The maximum atomic E-state index is 13.4. The molecule has 2 aromatic rings. The summed E-state index contributed by atoms with van der Waals surface area (Å²) in [5, 5.41) is 29.4. The van der Waals surface area contributed by atoms with Crippen LogP contribution in [0.15, 0.2) is 60.7 Å². The average molecular weight is 608 g/mol. The Hall–Kier alpha value is -3.92. The molecule has 4 rings (SSSR count). The molecular formula is C34H45N3O7. The number of carboxylic acids is 1. The van der Waals surface area contributed by atoms with Gasteiger partial charge in [-0.1, -0.05) is 74.7 Å². The van der Waals surface area contributed by atoms with E-state index in [4.69, 9.17) is 4.74 Å². The Kier molecular flexibility index (Phi) is 11.8. The standard InChI is InChI=1S/C34H45N3O7/c1-23-19-34(23,33(43)35-21-25-13-7-3-8-14-25)20-29(38)27(17-24-11-5-2-6-12-24)36-30(39)18-28(32(41)42)37-31(40)22-44-26-15-9-4-10-16-26/h2,4-6,9-12,15-16,23,25,27-29,38H,3,7-8,13-14,17-22H2,1H3,(H,35,43)(H,36,39)(H,37,40)(H,41,42)/t23-,27-,28-,29-,34-/m0/s1. The SMILES string of the molecule is C[C@H]1C[C@@]1(C[C@H](O)[C@H](Cc1ccccc1)NC(=O)C[C@H](NC(=O)COc1ccccc1)C(=O)O)C(=O)NCC1CCCCC1. The van der Waals surface area contributed by atoms with Crippen LogP contribution in [0.4, 0.5) is 0 Å². The lowest BCUT2D eigenvalue weighted by atomic mass is 9.87. The van der Waals surface area contributed by atoms with Gasteiger partial charge >= 0.3 is 5.97 Å². The number of aliphatic carboxylic acids is 1. The summed E-state index contributed by atoms with van der Waals surface area (Å²) >= 11 is 0. The zero-order valence-electron chi connectivity index (χ0n) is 25.4. The summed E-state index contributed by atoms with van der Waals surface area (Å²) in [7, 11) is 0. The van der Waals surface area contributed by atoms with E-state index in [-0.39, 0.29) is 24.7 Å². The first-order valence-electron chi connectivity index (χ1n) is 15.7. The Morgan fingerprint density at radius 1 is 0.932 bits per heavy atom. The Balaban J connectivity index is 1.37. The molecule has 44 heavy (non-hydrogen) atoms. The molecule has 2 saturated carbocycles. The van der Waals surface area contributed by atoms with E-state index in [0.717, 1.165) is 18.4 Å². The van der Waals surface area contributed by atoms with Crippen LogP contribution in [0.5, 0.6) is 5.75 Å². The molecular weight excluding hydrogens is 562 g/mol. The zero-order valence-corrected chi connectivity index (χ0v) is 25.4. The summed E-state index contributed by atoms with van der Waals surface area (Å²) in [6.07, 6.45) is 5.40. The van der Waals surface area contributed by atoms with Crippen LogP contribution in [-0.4, -0.2) is 65.2 Å². The maximum absolute atomic E-state index is 13.4. The quantitative estimate of drug-likeness (QED) is 0.196. The number of benzene rings is 2. The molecule has 2 fully saturated rings. The van der Waals surface area contributed by atoms with Crippen LogP contribution in [0.25, 0.3) is 0 Å². The number of carbonyl (C=O) groups is 4. The third-order valence-electron chi connectivity index (χ3n) is 9.00. The Morgan fingerprint density at radius 2 is 1.57 bits per heavy atom. The van der Waals surface area contributed by atoms with Gasteiger partial charge < -0.3 is 30.9 Å². The van der Waals surface area contributed by atoms with Gasteiger partial charge in [0.25, 0.3) is 5.91 Å². The first kappa shape index (κ1) is 33.0. The topological polar surface area (TPSA) is 154 Å². The summed E-state index contributed by atoms with van der Waals surface area (Å²) in [6, 6.07) is 15.7. The van der Waals surface area contributed by atoms with Gasteiger partial charge in [0.2, 0.25) is 11.8 Å². The van der Waals surface area contributed by atoms with Crippen molar-refractivity contribution in [3.63, 3.8) is 0 Å². The van der Waals surface area contributed by atoms with E-state index in [1.807, 2.05) is 37.3 Å². The van der Waals surface area contributed by atoms with Crippen molar-refractivity contribution in [3.05, 3.63) is 66.2 Å². The fourth-order valence-electron chi connectivity index (χ4n) is 6.21. The van der Waals surface area contributed by atoms with Crippen LogP contribution < -0.4 is 20.7 Å². The Bertz CT molecular complexity index is 1250. The number of ether oxygens (including phenoxy) is 1. The van der Waals surface area contributed by atoms with Gasteiger partial charge in [-0.05, 0) is 61.6 Å². The summed E-state index contributed by atoms with van der Waals surface area (Å²) in [5.41, 5.74) is 0.169. The maximum Gasteiger partial charge on any atom is 0.326 e. The highest BCUT2D eigenvalue weighted by atomic mass is 16.5. The van der Waals surface area contributed by atoms with E-state index < -0.39 is 54.4 Å². The van der Waals surface area contributed by atoms with Crippen molar-refractivity contribution >= 4 is 23.7 Å². The van der Waals surface area contributed by atoms with Crippen LogP contribution in [-0.2, 0) is 25.6 Å². The van der Waals surface area contributed by atoms with Crippen molar-refractivity contribution in [3.8, 4) is 5.75 Å². The zero-order chi connectivity index (χ0) is 31.5. The number of para-hydroxylation sites is 1. The van der Waals surface area contributed by atoms with Crippen LogP contribution in [0.2, 0.25) is 0 Å². The van der Waals surface area contributed by atoms with E-state index >= 15 is 0 Å². The predicted octanol–water partition coefficient (Wildman–Crippen LogP) is 3.23. The normalized spacial score (nSPS) is 21.7. The minimum absolute atomic E-state index is 0.0502. The van der Waals surface area contributed by atoms with Gasteiger partial charge in [-0.2, -0.15) is 0 Å². The molecule has 10 nitrogen and oxygen atoms in total. The van der Waals surface area contributed by atoms with E-state index in [9.17, 15) is 29.4 Å². The summed E-state index contributed by atoms with van der Waals surface area (Å²) in [4.78, 5) is 50.8. The van der Waals surface area contributed by atoms with Gasteiger partial charge in [0.15, 0.2) is 6.61 Å². The highest BCUT2D eigenvalue weighted by molar-refractivity contribution is 5.89. The summed E-state index contributed by atoms with van der Waals surface area (Å²) in [5.74, 6) is -1.70. The molecule has 5 N–H and O–H groups in total. The molecule has 0 unspecified atom stereocenters. The Labute approximate surface area is 259 Å². The molecule has 2 aliphatic rings. The van der Waals surface area contributed by atoms with Crippen molar-refractivity contribution in [1.82, 2.24) is 16.0 Å². The number of aliphatic hydroxyl groups is 1. The van der Waals surface area contributed by atoms with Gasteiger partial charge in [0, 0.05) is 6.54 Å². The van der Waals surface area contributed by atoms with Crippen molar-refractivity contribution < 1.29 is 34.1 Å². The molecule has 3 amide bonds. The number of amides is 3. The molecule has 0 saturated heterocycles. The number of hydrogen-bond acceptors (Lipinski definition) is 6. The molecule has 238 valence electrons. The highest BCUT2D eigenvalue weighted by Crippen LogP contribution is 2.56. The number of carboxylic acid groups (broad SMARTS) is 1. The lowest BCUT2D eigenvalue weighted by Gasteiger charge is -2.29. The molecule has 10 heteroatoms. The van der Waals surface area contributed by atoms with Crippen molar-refractivity contribution in [2.45, 2.75) is 82.9 Å². The minimum atomic E-state index is -1.49. The fraction of sp³-hybridized carbons (Fsp3) is 0.529. The molecule has 2 aliphatic carbocycles. The third-order valence-corrected chi connectivity index (χ3v) is 9.00. The third kappa shape index (κ3) is 9.54. The number of carbonyl (C=O) groups excluding carboxylic acids is 3. The van der Waals surface area contributed by atoms with Crippen LogP contribution >= 0.6 is 0 Å². The smallest absolute Gasteiger partial charge is 0.326 e. The van der Waals surface area contributed by atoms with Gasteiger partial charge in [-0.15, -0.1) is 0 Å². The molecule has 0 radical (unpaired) electrons. The fourth-order valence-corrected chi connectivity index (χ4v) is 6.21. The molecule has 0 aliphatic heterocycles. The highest BCUT2D eigenvalue weighted by Gasteiger charge is 2.58. The van der Waals surface area contributed by atoms with Crippen molar-refractivity contribution in [1.29, 1.82) is 0 Å². The lowest BCUT2D eigenvalue weighted by molar-refractivity contribution is -0.144. The largest absolute Gasteiger partial charge is 0.484 e. The minimum Gasteiger partial charge on any atom is -0.484 e. The van der Waals surface area contributed by atoms with Crippen molar-refractivity contribution in [2.24, 2.45) is 17.3 Å². The average Bonchev–Trinajstić information content (AvgIpc) is 3.68. The first-order chi connectivity index (χ1) is 21.2. The second-order valence-electron chi connectivity index (χ2n) is 12.4. The predicted molar refractivity (Wildman–Crippen MR) is 165 cm³/mol. The second-order valence-corrected chi connectivity index (χ2v) is 12.4. The lowest BCUT2D eigenvalue weighted by Crippen LogP contribution is -2.50. The van der Waals surface area contributed by atoms with E-state index in [1.54, 1.807) is 30.3 Å². The van der Waals surface area contributed by atoms with Gasteiger partial charge in [0.05, 0.1) is 24.0 Å². The summed E-state index contributed by atoms with van der Waals surface area (Å²) < 4.78 is 5.38. The van der Waals surface area contributed by atoms with Gasteiger partial charge in [0.1, 0.15) is 11.8 Å². The van der Waals surface area contributed by atoms with Gasteiger partial charge in [-0.25, -0.2) is 4.79 Å². The number of hydrogen-bond donors (Lipinski definition) is 5. The molecule has 0 bridgehead atoms. The van der Waals surface area contributed by atoms with Gasteiger partial charge in [-0.3, -0.25) is 14.4 Å². The second kappa shape index (κ2) is 15.7. The first-order valence-corrected chi connectivity index (χ1v) is 15.7. The van der Waals surface area contributed by atoms with E-state index in [1.165, 1.54) is 19.3 Å². The summed E-state index contributed by atoms with van der Waals surface area (Å²) in [6.45, 7) is 2.24. The molecule has 5 atom stereocenters.